The molecule has 0 unspecified atom stereocenters. The first-order chi connectivity index (χ1) is 8.78. The van der Waals surface area contributed by atoms with Crippen molar-refractivity contribution in [2.75, 3.05) is 17.2 Å². The van der Waals surface area contributed by atoms with Gasteiger partial charge in [0.05, 0.1) is 0 Å². The van der Waals surface area contributed by atoms with Crippen LogP contribution in [0.1, 0.15) is 23.9 Å². The van der Waals surface area contributed by atoms with Crippen molar-refractivity contribution in [2.45, 2.75) is 26.3 Å². The summed E-state index contributed by atoms with van der Waals surface area (Å²) in [6.07, 6.45) is 1.89. The summed E-state index contributed by atoms with van der Waals surface area (Å²) in [7, 11) is 0. The van der Waals surface area contributed by atoms with E-state index in [2.05, 4.69) is 27.2 Å². The molecule has 1 aromatic heterocycles. The van der Waals surface area contributed by atoms with Gasteiger partial charge in [-0.1, -0.05) is 19.1 Å². The Hall–Kier alpha value is -1.62. The third-order valence-corrected chi connectivity index (χ3v) is 4.16. The lowest BCUT2D eigenvalue weighted by Gasteiger charge is -2.28. The average Bonchev–Trinajstić information content (AvgIpc) is 2.87. The first kappa shape index (κ1) is 11.5. The number of aryl methyl sites for hydroxylation is 1. The van der Waals surface area contributed by atoms with Gasteiger partial charge in [-0.3, -0.25) is 0 Å². The van der Waals surface area contributed by atoms with Gasteiger partial charge in [0.25, 0.3) is 0 Å². The Kier molecular flexibility index (Phi) is 2.91. The quantitative estimate of drug-likeness (QED) is 0.841. The largest absolute Gasteiger partial charge is 0.398 e. The molecule has 3 rings (SSSR count). The molecular weight excluding hydrogens is 244 g/mol. The number of benzene rings is 1. The molecule has 5 heteroatoms. The predicted molar refractivity (Wildman–Crippen MR) is 74.9 cm³/mol. The molecule has 1 aromatic carbocycles. The maximum absolute atomic E-state index is 6.01. The molecule has 1 aliphatic heterocycles. The summed E-state index contributed by atoms with van der Waals surface area (Å²) in [5.41, 5.74) is 9.54. The van der Waals surface area contributed by atoms with E-state index in [9.17, 15) is 0 Å². The van der Waals surface area contributed by atoms with Gasteiger partial charge in [-0.05, 0) is 23.6 Å². The predicted octanol–water partition coefficient (Wildman–Crippen LogP) is 2.25. The summed E-state index contributed by atoms with van der Waals surface area (Å²) < 4.78 is 4.35. The number of hydrogen-bond acceptors (Lipinski definition) is 5. The Labute approximate surface area is 111 Å². The maximum atomic E-state index is 6.01. The molecular formula is C13H16N4S. The van der Waals surface area contributed by atoms with Crippen LogP contribution in [0.4, 0.5) is 10.8 Å². The molecule has 94 valence electrons. The third-order valence-electron chi connectivity index (χ3n) is 3.35. The molecule has 0 fully saturated rings. The summed E-state index contributed by atoms with van der Waals surface area (Å²) >= 11 is 1.49. The highest BCUT2D eigenvalue weighted by Gasteiger charge is 2.20. The lowest BCUT2D eigenvalue weighted by atomic mass is 9.98. The Bertz CT molecular complexity index is 564. The SMILES string of the molecule is CCc1nsc(N2CCc3c(N)cccc3C2)n1. The Morgan fingerprint density at radius 2 is 2.33 bits per heavy atom. The summed E-state index contributed by atoms with van der Waals surface area (Å²) in [5, 5.41) is 1.03. The van der Waals surface area contributed by atoms with Crippen LogP contribution >= 0.6 is 11.5 Å². The van der Waals surface area contributed by atoms with Crippen molar-refractivity contribution in [2.24, 2.45) is 0 Å². The lowest BCUT2D eigenvalue weighted by molar-refractivity contribution is 0.728. The van der Waals surface area contributed by atoms with Gasteiger partial charge in [0, 0.05) is 36.7 Å². The van der Waals surface area contributed by atoms with Crippen molar-refractivity contribution in [3.63, 3.8) is 0 Å². The van der Waals surface area contributed by atoms with E-state index in [0.717, 1.165) is 42.6 Å². The molecule has 2 heterocycles. The molecule has 0 radical (unpaired) electrons. The fourth-order valence-electron chi connectivity index (χ4n) is 2.32. The van der Waals surface area contributed by atoms with Crippen LogP contribution in [-0.2, 0) is 19.4 Å². The summed E-state index contributed by atoms with van der Waals surface area (Å²) in [6.45, 7) is 3.94. The summed E-state index contributed by atoms with van der Waals surface area (Å²) in [5.74, 6) is 0.938. The van der Waals surface area contributed by atoms with Crippen LogP contribution < -0.4 is 10.6 Å². The second-order valence-electron chi connectivity index (χ2n) is 4.50. The van der Waals surface area contributed by atoms with Crippen molar-refractivity contribution in [3.8, 4) is 0 Å². The smallest absolute Gasteiger partial charge is 0.205 e. The number of aromatic nitrogens is 2. The Morgan fingerprint density at radius 1 is 1.44 bits per heavy atom. The van der Waals surface area contributed by atoms with Crippen LogP contribution in [0.2, 0.25) is 0 Å². The Balaban J connectivity index is 1.86. The molecule has 4 nitrogen and oxygen atoms in total. The molecule has 0 bridgehead atoms. The van der Waals surface area contributed by atoms with Crippen LogP contribution in [0, 0.1) is 0 Å². The molecule has 2 N–H and O–H groups in total. The minimum atomic E-state index is 0.888. The molecule has 0 saturated carbocycles. The van der Waals surface area contributed by atoms with E-state index in [1.54, 1.807) is 0 Å². The van der Waals surface area contributed by atoms with E-state index in [1.165, 1.54) is 22.7 Å². The number of hydrogen-bond donors (Lipinski definition) is 1. The van der Waals surface area contributed by atoms with Crippen molar-refractivity contribution < 1.29 is 0 Å². The van der Waals surface area contributed by atoms with Gasteiger partial charge >= 0.3 is 0 Å². The van der Waals surface area contributed by atoms with E-state index in [-0.39, 0.29) is 0 Å². The molecule has 18 heavy (non-hydrogen) atoms. The van der Waals surface area contributed by atoms with Crippen LogP contribution in [0.15, 0.2) is 18.2 Å². The molecule has 0 amide bonds. The number of nitrogen functional groups attached to an aromatic ring is 1. The third kappa shape index (κ3) is 1.95. The maximum Gasteiger partial charge on any atom is 0.205 e. The lowest BCUT2D eigenvalue weighted by Crippen LogP contribution is -2.30. The molecule has 2 aromatic rings. The fourth-order valence-corrected chi connectivity index (χ4v) is 3.09. The highest BCUT2D eigenvalue weighted by Crippen LogP contribution is 2.28. The van der Waals surface area contributed by atoms with E-state index in [4.69, 9.17) is 5.73 Å². The minimum absolute atomic E-state index is 0.888. The minimum Gasteiger partial charge on any atom is -0.398 e. The number of rotatable bonds is 2. The van der Waals surface area contributed by atoms with Gasteiger partial charge < -0.3 is 10.6 Å². The normalized spacial score (nSPS) is 14.6. The summed E-state index contributed by atoms with van der Waals surface area (Å²) in [4.78, 5) is 6.84. The molecule has 0 aliphatic carbocycles. The van der Waals surface area contributed by atoms with E-state index >= 15 is 0 Å². The summed E-state index contributed by atoms with van der Waals surface area (Å²) in [6, 6.07) is 6.16. The molecule has 0 atom stereocenters. The van der Waals surface area contributed by atoms with Crippen LogP contribution in [0.25, 0.3) is 0 Å². The topological polar surface area (TPSA) is 55.0 Å². The molecule has 0 spiro atoms. The molecule has 1 aliphatic rings. The average molecular weight is 260 g/mol. The zero-order valence-electron chi connectivity index (χ0n) is 10.4. The number of nitrogens with two attached hydrogens (primary N) is 1. The second kappa shape index (κ2) is 4.57. The highest BCUT2D eigenvalue weighted by atomic mass is 32.1. The van der Waals surface area contributed by atoms with Gasteiger partial charge in [-0.25, -0.2) is 4.98 Å². The number of anilines is 2. The highest BCUT2D eigenvalue weighted by molar-refractivity contribution is 7.09. The molecule has 0 saturated heterocycles. The van der Waals surface area contributed by atoms with E-state index < -0.39 is 0 Å². The first-order valence-corrected chi connectivity index (χ1v) is 6.99. The van der Waals surface area contributed by atoms with E-state index in [1.807, 2.05) is 12.1 Å². The number of nitrogens with zero attached hydrogens (tertiary/aromatic N) is 3. The first-order valence-electron chi connectivity index (χ1n) is 6.21. The van der Waals surface area contributed by atoms with Crippen molar-refractivity contribution >= 4 is 22.4 Å². The van der Waals surface area contributed by atoms with Gasteiger partial charge in [-0.2, -0.15) is 4.37 Å². The zero-order chi connectivity index (χ0) is 12.5. The van der Waals surface area contributed by atoms with Gasteiger partial charge in [-0.15, -0.1) is 0 Å². The standard InChI is InChI=1S/C13H16N4S/c1-2-12-15-13(18-16-12)17-7-6-10-9(8-17)4-3-5-11(10)14/h3-5H,2,6-8,14H2,1H3. The van der Waals surface area contributed by atoms with Gasteiger partial charge in [0.15, 0.2) is 0 Å². The van der Waals surface area contributed by atoms with Crippen molar-refractivity contribution in [3.05, 3.63) is 35.2 Å². The Morgan fingerprint density at radius 3 is 3.11 bits per heavy atom. The number of fused-ring (bicyclic) bond motifs is 1. The van der Waals surface area contributed by atoms with Crippen LogP contribution in [0.5, 0.6) is 0 Å². The van der Waals surface area contributed by atoms with Crippen molar-refractivity contribution in [1.82, 2.24) is 9.36 Å². The van der Waals surface area contributed by atoms with Gasteiger partial charge in [0.2, 0.25) is 5.13 Å². The monoisotopic (exact) mass is 260 g/mol. The second-order valence-corrected chi connectivity index (χ2v) is 5.23. The van der Waals surface area contributed by atoms with E-state index in [0.29, 0.717) is 0 Å². The fraction of sp³-hybridized carbons (Fsp3) is 0.385. The van der Waals surface area contributed by atoms with Crippen LogP contribution in [0.3, 0.4) is 0 Å². The van der Waals surface area contributed by atoms with Crippen molar-refractivity contribution in [1.29, 1.82) is 0 Å². The van der Waals surface area contributed by atoms with Gasteiger partial charge in [0.1, 0.15) is 5.82 Å². The van der Waals surface area contributed by atoms with Crippen LogP contribution in [-0.4, -0.2) is 15.9 Å². The zero-order valence-corrected chi connectivity index (χ0v) is 11.2.